The lowest BCUT2D eigenvalue weighted by Gasteiger charge is -2.12. The molecule has 0 radical (unpaired) electrons. The number of anilines is 1. The van der Waals surface area contributed by atoms with Gasteiger partial charge in [-0.2, -0.15) is 0 Å². The first kappa shape index (κ1) is 14.1. The minimum Gasteiger partial charge on any atom is -0.492 e. The van der Waals surface area contributed by atoms with Crippen molar-refractivity contribution in [3.8, 4) is 5.75 Å². The highest BCUT2D eigenvalue weighted by atomic mass is 32.2. The molecule has 0 spiro atoms. The van der Waals surface area contributed by atoms with Crippen LogP contribution in [0.4, 0.5) is 5.69 Å². The maximum Gasteiger partial charge on any atom is 0.215 e. The molecule has 1 aliphatic rings. The van der Waals surface area contributed by atoms with Crippen LogP contribution in [0.15, 0.2) is 24.3 Å². The first-order valence-electron chi connectivity index (χ1n) is 6.11. The molecule has 0 amide bonds. The topological polar surface area (TPSA) is 90.7 Å². The van der Waals surface area contributed by atoms with E-state index in [-0.39, 0.29) is 18.4 Å². The number of nitrogen functional groups attached to an aromatic ring is 1. The van der Waals surface area contributed by atoms with Gasteiger partial charge in [-0.15, -0.1) is 0 Å². The van der Waals surface area contributed by atoms with Gasteiger partial charge >= 0.3 is 0 Å². The predicted octanol–water partition coefficient (Wildman–Crippen LogP) is 0.356. The van der Waals surface area contributed by atoms with Crippen LogP contribution in [-0.4, -0.2) is 40.0 Å². The van der Waals surface area contributed by atoms with Crippen molar-refractivity contribution in [1.29, 1.82) is 0 Å². The molecular formula is C12H18N2O4S. The molecule has 1 aromatic rings. The van der Waals surface area contributed by atoms with E-state index in [1.165, 1.54) is 0 Å². The average molecular weight is 286 g/mol. The number of rotatable bonds is 6. The van der Waals surface area contributed by atoms with Crippen molar-refractivity contribution in [3.63, 3.8) is 0 Å². The Labute approximate surface area is 112 Å². The second-order valence-corrected chi connectivity index (χ2v) is 6.29. The molecule has 2 rings (SSSR count). The SMILES string of the molecule is Nc1cccc(OCCS(=O)(=O)NC2CCOC2)c1. The lowest BCUT2D eigenvalue weighted by molar-refractivity contribution is 0.192. The van der Waals surface area contributed by atoms with Crippen molar-refractivity contribution in [2.45, 2.75) is 12.5 Å². The number of ether oxygens (including phenoxy) is 2. The molecule has 6 nitrogen and oxygen atoms in total. The number of benzene rings is 1. The molecular weight excluding hydrogens is 268 g/mol. The van der Waals surface area contributed by atoms with Crippen molar-refractivity contribution in [1.82, 2.24) is 4.72 Å². The molecule has 19 heavy (non-hydrogen) atoms. The third-order valence-corrected chi connectivity index (χ3v) is 4.15. The second kappa shape index (κ2) is 6.23. The summed E-state index contributed by atoms with van der Waals surface area (Å²) in [4.78, 5) is 0. The molecule has 0 bridgehead atoms. The Bertz CT molecular complexity index is 512. The van der Waals surface area contributed by atoms with E-state index in [1.54, 1.807) is 24.3 Å². The Morgan fingerprint density at radius 2 is 2.32 bits per heavy atom. The molecule has 7 heteroatoms. The second-order valence-electron chi connectivity index (χ2n) is 4.42. The number of hydrogen-bond donors (Lipinski definition) is 2. The first-order valence-corrected chi connectivity index (χ1v) is 7.76. The van der Waals surface area contributed by atoms with Gasteiger partial charge in [-0.05, 0) is 18.6 Å². The fourth-order valence-corrected chi connectivity index (χ4v) is 2.93. The predicted molar refractivity (Wildman–Crippen MR) is 72.5 cm³/mol. The van der Waals surface area contributed by atoms with Gasteiger partial charge in [0.1, 0.15) is 12.4 Å². The smallest absolute Gasteiger partial charge is 0.215 e. The molecule has 0 aromatic heterocycles. The summed E-state index contributed by atoms with van der Waals surface area (Å²) in [7, 11) is -3.33. The lowest BCUT2D eigenvalue weighted by Crippen LogP contribution is -2.37. The first-order chi connectivity index (χ1) is 9.05. The molecule has 1 fully saturated rings. The normalized spacial score (nSPS) is 19.5. The number of nitrogens with two attached hydrogens (primary N) is 1. The zero-order valence-corrected chi connectivity index (χ0v) is 11.4. The van der Waals surface area contributed by atoms with E-state index in [2.05, 4.69) is 4.72 Å². The average Bonchev–Trinajstić information content (AvgIpc) is 2.80. The van der Waals surface area contributed by atoms with Crippen molar-refractivity contribution >= 4 is 15.7 Å². The molecule has 1 aromatic carbocycles. The minimum atomic E-state index is -3.33. The fraction of sp³-hybridized carbons (Fsp3) is 0.500. The number of nitrogens with one attached hydrogen (secondary N) is 1. The Hall–Kier alpha value is -1.31. The van der Waals surface area contributed by atoms with Crippen LogP contribution >= 0.6 is 0 Å². The van der Waals surface area contributed by atoms with Gasteiger partial charge in [-0.1, -0.05) is 6.07 Å². The summed E-state index contributed by atoms with van der Waals surface area (Å²) in [5.74, 6) is 0.484. The van der Waals surface area contributed by atoms with Gasteiger partial charge in [0, 0.05) is 24.4 Å². The van der Waals surface area contributed by atoms with Crippen LogP contribution in [0.2, 0.25) is 0 Å². The zero-order chi connectivity index (χ0) is 13.7. The van der Waals surface area contributed by atoms with Gasteiger partial charge in [-0.25, -0.2) is 13.1 Å². The van der Waals surface area contributed by atoms with Crippen molar-refractivity contribution in [2.24, 2.45) is 0 Å². The van der Waals surface area contributed by atoms with E-state index in [0.717, 1.165) is 6.42 Å². The highest BCUT2D eigenvalue weighted by Gasteiger charge is 2.21. The summed E-state index contributed by atoms with van der Waals surface area (Å²) >= 11 is 0. The summed E-state index contributed by atoms with van der Waals surface area (Å²) in [5.41, 5.74) is 6.19. The van der Waals surface area contributed by atoms with Crippen LogP contribution in [0.5, 0.6) is 5.75 Å². The van der Waals surface area contributed by atoms with Gasteiger partial charge in [0.05, 0.1) is 12.4 Å². The van der Waals surface area contributed by atoms with Crippen molar-refractivity contribution < 1.29 is 17.9 Å². The third-order valence-electron chi connectivity index (χ3n) is 2.75. The van der Waals surface area contributed by atoms with Crippen molar-refractivity contribution in [3.05, 3.63) is 24.3 Å². The van der Waals surface area contributed by atoms with Crippen LogP contribution in [0, 0.1) is 0 Å². The van der Waals surface area contributed by atoms with Crippen LogP contribution in [0.3, 0.4) is 0 Å². The largest absolute Gasteiger partial charge is 0.492 e. The molecule has 0 aliphatic carbocycles. The fourth-order valence-electron chi connectivity index (χ4n) is 1.81. The van der Waals surface area contributed by atoms with Crippen molar-refractivity contribution in [2.75, 3.05) is 31.3 Å². The van der Waals surface area contributed by atoms with Gasteiger partial charge in [-0.3, -0.25) is 0 Å². The lowest BCUT2D eigenvalue weighted by atomic mass is 10.3. The molecule has 106 valence electrons. The number of hydrogen-bond acceptors (Lipinski definition) is 5. The van der Waals surface area contributed by atoms with E-state index in [0.29, 0.717) is 24.7 Å². The van der Waals surface area contributed by atoms with Gasteiger partial charge < -0.3 is 15.2 Å². The van der Waals surface area contributed by atoms with Gasteiger partial charge in [0.2, 0.25) is 10.0 Å². The minimum absolute atomic E-state index is 0.0850. The maximum absolute atomic E-state index is 11.8. The monoisotopic (exact) mass is 286 g/mol. The Morgan fingerprint density at radius 3 is 3.00 bits per heavy atom. The van der Waals surface area contributed by atoms with E-state index in [1.807, 2.05) is 0 Å². The van der Waals surface area contributed by atoms with Crippen LogP contribution in [0.1, 0.15) is 6.42 Å². The molecule has 1 aliphatic heterocycles. The van der Waals surface area contributed by atoms with E-state index < -0.39 is 10.0 Å². The number of sulfonamides is 1. The standard InChI is InChI=1S/C12H18N2O4S/c13-10-2-1-3-12(8-10)18-6-7-19(15,16)14-11-4-5-17-9-11/h1-3,8,11,14H,4-7,9,13H2. The highest BCUT2D eigenvalue weighted by Crippen LogP contribution is 2.14. The Balaban J connectivity index is 1.78. The van der Waals surface area contributed by atoms with E-state index in [4.69, 9.17) is 15.2 Å². The van der Waals surface area contributed by atoms with Crippen LogP contribution < -0.4 is 15.2 Å². The molecule has 0 saturated carbocycles. The summed E-state index contributed by atoms with van der Waals surface area (Å²) < 4.78 is 36.6. The molecule has 1 saturated heterocycles. The maximum atomic E-state index is 11.8. The molecule has 1 heterocycles. The highest BCUT2D eigenvalue weighted by molar-refractivity contribution is 7.89. The molecule has 1 unspecified atom stereocenters. The Morgan fingerprint density at radius 1 is 1.47 bits per heavy atom. The third kappa shape index (κ3) is 4.70. The Kier molecular flexibility index (Phi) is 4.62. The quantitative estimate of drug-likeness (QED) is 0.737. The summed E-state index contributed by atoms with van der Waals surface area (Å²) in [6.07, 6.45) is 0.718. The summed E-state index contributed by atoms with van der Waals surface area (Å²) in [6, 6.07) is 6.78. The van der Waals surface area contributed by atoms with E-state index in [9.17, 15) is 8.42 Å². The van der Waals surface area contributed by atoms with E-state index >= 15 is 0 Å². The zero-order valence-electron chi connectivity index (χ0n) is 10.5. The van der Waals surface area contributed by atoms with Gasteiger partial charge in [0.15, 0.2) is 0 Å². The molecule has 3 N–H and O–H groups in total. The summed E-state index contributed by atoms with van der Waals surface area (Å²) in [6.45, 7) is 1.13. The van der Waals surface area contributed by atoms with Crippen LogP contribution in [0.25, 0.3) is 0 Å². The summed E-state index contributed by atoms with van der Waals surface area (Å²) in [5, 5.41) is 0. The van der Waals surface area contributed by atoms with Crippen LogP contribution in [-0.2, 0) is 14.8 Å². The molecule has 1 atom stereocenters. The van der Waals surface area contributed by atoms with Gasteiger partial charge in [0.25, 0.3) is 0 Å².